The normalized spacial score (nSPS) is 7.00. The molecule has 0 N–H and O–H groups in total. The first-order valence-corrected chi connectivity index (χ1v) is 2.39. The van der Waals surface area contributed by atoms with Gasteiger partial charge in [-0.05, 0) is 0 Å². The zero-order valence-corrected chi connectivity index (χ0v) is 7.01. The van der Waals surface area contributed by atoms with E-state index >= 15 is 0 Å². The van der Waals surface area contributed by atoms with Crippen molar-refractivity contribution in [2.24, 2.45) is 0 Å². The van der Waals surface area contributed by atoms with Crippen molar-refractivity contribution < 1.29 is 20.1 Å². The Bertz CT molecular complexity index is 14.4. The van der Waals surface area contributed by atoms with Crippen LogP contribution in [0.4, 0.5) is 0 Å². The minimum absolute atomic E-state index is 0. The van der Waals surface area contributed by atoms with Crippen molar-refractivity contribution in [1.29, 1.82) is 0 Å². The predicted octanol–water partition coefficient (Wildman–Crippen LogP) is 0.432. The molecule has 0 bridgehead atoms. The summed E-state index contributed by atoms with van der Waals surface area (Å²) in [5.74, 6) is 0. The van der Waals surface area contributed by atoms with Crippen LogP contribution in [-0.2, 0) is 20.1 Å². The third kappa shape index (κ3) is 48.4. The topological polar surface area (TPSA) is 3.24 Å². The van der Waals surface area contributed by atoms with E-state index in [1.54, 1.807) is 0 Å². The number of halogens is 1. The minimum Gasteiger partial charge on any atom is -0.147 e. The Kier molecular flexibility index (Phi) is 9.22. The van der Waals surface area contributed by atoms with Crippen molar-refractivity contribution in [3.05, 3.63) is 0 Å². The van der Waals surface area contributed by atoms with E-state index in [9.17, 15) is 0 Å². The molecule has 0 atom stereocenters. The van der Waals surface area contributed by atoms with Crippen LogP contribution in [-0.4, -0.2) is 17.6 Å². The van der Waals surface area contributed by atoms with Crippen molar-refractivity contribution in [2.75, 3.05) is 14.1 Å². The average Bonchev–Trinajstić information content (AvgIpc) is 0.811. The monoisotopic (exact) mass is 264 g/mol. The van der Waals surface area contributed by atoms with Crippen molar-refractivity contribution >= 4 is 12.4 Å². The molecule has 33 valence electrons. The summed E-state index contributed by atoms with van der Waals surface area (Å²) < 4.78 is 2.08. The van der Waals surface area contributed by atoms with E-state index in [0.29, 0.717) is 0 Å². The third-order valence-corrected chi connectivity index (χ3v) is 0. The Balaban J connectivity index is 0. The van der Waals surface area contributed by atoms with E-state index in [2.05, 4.69) is 3.46 Å². The van der Waals surface area contributed by atoms with Crippen LogP contribution in [0.2, 0.25) is 0 Å². The fourth-order valence-corrected chi connectivity index (χ4v) is 0. The summed E-state index contributed by atoms with van der Waals surface area (Å²) in [6.45, 7) is 0. The second kappa shape index (κ2) is 4.94. The van der Waals surface area contributed by atoms with Gasteiger partial charge in [0.1, 0.15) is 0 Å². The van der Waals surface area contributed by atoms with Crippen LogP contribution >= 0.6 is 12.4 Å². The third-order valence-electron chi connectivity index (χ3n) is 0. The quantitative estimate of drug-likeness (QED) is 0.613. The molecular weight excluding hydrogens is 257 g/mol. The van der Waals surface area contributed by atoms with E-state index in [1.807, 2.05) is 14.1 Å². The first kappa shape index (κ1) is 9.34. The van der Waals surface area contributed by atoms with Gasteiger partial charge < -0.3 is 0 Å². The van der Waals surface area contributed by atoms with Gasteiger partial charge in [-0.2, -0.15) is 0 Å². The maximum Gasteiger partial charge on any atom is -0.147 e. The molecule has 0 aromatic carbocycles. The maximum atomic E-state index is 2.08. The molecule has 3 heteroatoms. The largest absolute Gasteiger partial charge is 0.147 e. The molecule has 0 radical (unpaired) electrons. The summed E-state index contributed by atoms with van der Waals surface area (Å²) in [5.41, 5.74) is 0. The van der Waals surface area contributed by atoms with Gasteiger partial charge in [0.05, 0.1) is 0 Å². The molecule has 0 aliphatic rings. The number of rotatable bonds is 0. The molecule has 0 aromatic heterocycles. The molecule has 0 saturated heterocycles. The molecule has 0 unspecified atom stereocenters. The molecule has 0 aromatic rings. The van der Waals surface area contributed by atoms with Crippen LogP contribution in [0.1, 0.15) is 0 Å². The standard InChI is InChI=1S/C2H6N.ClH.W/c1-3-2;;/h1-2H3;1H;/q-1;;+1. The van der Waals surface area contributed by atoms with Crippen molar-refractivity contribution in [2.45, 2.75) is 0 Å². The van der Waals surface area contributed by atoms with Crippen molar-refractivity contribution in [1.82, 2.24) is 3.46 Å². The van der Waals surface area contributed by atoms with Gasteiger partial charge in [-0.3, -0.25) is 0 Å². The van der Waals surface area contributed by atoms with Gasteiger partial charge in [0.25, 0.3) is 0 Å². The van der Waals surface area contributed by atoms with Crippen LogP contribution in [0.25, 0.3) is 0 Å². The van der Waals surface area contributed by atoms with E-state index in [1.165, 1.54) is 20.1 Å². The molecule has 0 saturated carbocycles. The summed E-state index contributed by atoms with van der Waals surface area (Å²) >= 11 is 1.51. The first-order valence-electron chi connectivity index (χ1n) is 1.08. The van der Waals surface area contributed by atoms with Gasteiger partial charge in [-0.25, -0.2) is 0 Å². The van der Waals surface area contributed by atoms with E-state index in [-0.39, 0.29) is 12.4 Å². The Morgan fingerprint density at radius 3 is 1.40 bits per heavy atom. The van der Waals surface area contributed by atoms with Gasteiger partial charge >= 0.3 is 37.6 Å². The van der Waals surface area contributed by atoms with E-state index in [0.717, 1.165) is 0 Å². The van der Waals surface area contributed by atoms with Gasteiger partial charge in [0.2, 0.25) is 0 Å². The maximum absolute atomic E-state index is 2.08. The molecule has 0 aliphatic carbocycles. The number of nitrogens with zero attached hydrogens (tertiary/aromatic N) is 1. The zero-order chi connectivity index (χ0) is 3.58. The fraction of sp³-hybridized carbons (Fsp3) is 1.00. The molecule has 0 spiro atoms. The van der Waals surface area contributed by atoms with E-state index in [4.69, 9.17) is 0 Å². The Morgan fingerprint density at radius 2 is 1.40 bits per heavy atom. The zero-order valence-electron chi connectivity index (χ0n) is 3.26. The Hall–Kier alpha value is 0.938. The van der Waals surface area contributed by atoms with E-state index < -0.39 is 0 Å². The summed E-state index contributed by atoms with van der Waals surface area (Å²) in [5, 5.41) is 0. The van der Waals surface area contributed by atoms with Crippen molar-refractivity contribution in [3.8, 4) is 0 Å². The number of hydrogen-bond acceptors (Lipinski definition) is 1. The number of hydrogen-bond donors (Lipinski definition) is 0. The smallest absolute Gasteiger partial charge is 0.147 e. The molecule has 0 heterocycles. The fourth-order valence-electron chi connectivity index (χ4n) is 0. The Labute approximate surface area is 50.3 Å². The van der Waals surface area contributed by atoms with Crippen molar-refractivity contribution in [3.63, 3.8) is 0 Å². The van der Waals surface area contributed by atoms with Crippen LogP contribution in [0.5, 0.6) is 0 Å². The van der Waals surface area contributed by atoms with Crippen LogP contribution < -0.4 is 0 Å². The molecule has 0 amide bonds. The molecular formula is C2H7ClNW. The molecule has 0 rings (SSSR count). The second-order valence-corrected chi connectivity index (χ2v) is 3.44. The summed E-state index contributed by atoms with van der Waals surface area (Å²) in [4.78, 5) is 0. The van der Waals surface area contributed by atoms with Gasteiger partial charge in [0, 0.05) is 0 Å². The molecule has 5 heavy (non-hydrogen) atoms. The Morgan fingerprint density at radius 1 is 1.40 bits per heavy atom. The minimum atomic E-state index is 0. The summed E-state index contributed by atoms with van der Waals surface area (Å²) in [6.07, 6.45) is 0. The predicted molar refractivity (Wildman–Crippen MR) is 20.9 cm³/mol. The summed E-state index contributed by atoms with van der Waals surface area (Å²) in [6, 6.07) is 0. The first-order chi connectivity index (χ1) is 1.73. The second-order valence-electron chi connectivity index (χ2n) is 0.812. The molecule has 1 nitrogen and oxygen atoms in total. The molecule has 0 fully saturated rings. The van der Waals surface area contributed by atoms with Gasteiger partial charge in [-0.15, -0.1) is 12.4 Å². The van der Waals surface area contributed by atoms with Gasteiger partial charge in [-0.1, -0.05) is 0 Å². The van der Waals surface area contributed by atoms with Gasteiger partial charge in [0.15, 0.2) is 0 Å². The van der Waals surface area contributed by atoms with Crippen LogP contribution in [0.3, 0.4) is 0 Å². The van der Waals surface area contributed by atoms with Crippen LogP contribution in [0, 0.1) is 0 Å². The average molecular weight is 264 g/mol. The van der Waals surface area contributed by atoms with Crippen LogP contribution in [0.15, 0.2) is 0 Å². The summed E-state index contributed by atoms with van der Waals surface area (Å²) in [7, 11) is 4.07. The molecule has 0 aliphatic heterocycles. The SMILES string of the molecule is C[N](C)[W].Cl.